The van der Waals surface area contributed by atoms with Gasteiger partial charge in [-0.2, -0.15) is 0 Å². The zero-order chi connectivity index (χ0) is 16.4. The van der Waals surface area contributed by atoms with Crippen molar-refractivity contribution in [1.29, 1.82) is 0 Å². The SMILES string of the molecule is CCn1nnc2c(Nc3ccccc3-c3ccccc3)ncnc21. The smallest absolute Gasteiger partial charge is 0.183 e. The number of nitrogens with one attached hydrogen (secondary N) is 1. The molecule has 0 atom stereocenters. The topological polar surface area (TPSA) is 68.5 Å². The minimum absolute atomic E-state index is 0.656. The normalized spacial score (nSPS) is 10.9. The quantitative estimate of drug-likeness (QED) is 0.622. The number of hydrogen-bond acceptors (Lipinski definition) is 5. The summed E-state index contributed by atoms with van der Waals surface area (Å²) in [6.45, 7) is 2.72. The van der Waals surface area contributed by atoms with Crippen molar-refractivity contribution in [3.8, 4) is 11.1 Å². The van der Waals surface area contributed by atoms with Crippen LogP contribution >= 0.6 is 0 Å². The van der Waals surface area contributed by atoms with Gasteiger partial charge in [0.25, 0.3) is 0 Å². The van der Waals surface area contributed by atoms with Crippen molar-refractivity contribution in [2.75, 3.05) is 5.32 Å². The highest BCUT2D eigenvalue weighted by molar-refractivity contribution is 5.88. The minimum atomic E-state index is 0.656. The van der Waals surface area contributed by atoms with Crippen molar-refractivity contribution in [3.63, 3.8) is 0 Å². The van der Waals surface area contributed by atoms with Crippen LogP contribution < -0.4 is 5.32 Å². The zero-order valence-electron chi connectivity index (χ0n) is 13.2. The summed E-state index contributed by atoms with van der Waals surface area (Å²) >= 11 is 0. The van der Waals surface area contributed by atoms with Gasteiger partial charge in [0.15, 0.2) is 17.0 Å². The van der Waals surface area contributed by atoms with Crippen LogP contribution in [0.25, 0.3) is 22.3 Å². The monoisotopic (exact) mass is 316 g/mol. The average Bonchev–Trinajstić information content (AvgIpc) is 3.07. The molecule has 4 rings (SSSR count). The third-order valence-electron chi connectivity index (χ3n) is 3.86. The first-order valence-corrected chi connectivity index (χ1v) is 7.82. The standard InChI is InChI=1S/C18H16N6/c1-2-24-18-16(22-23-24)17(19-12-20-18)21-15-11-7-6-10-14(15)13-8-4-3-5-9-13/h3-12H,2H2,1H3,(H,19,20,21). The van der Waals surface area contributed by atoms with Crippen LogP contribution in [0, 0.1) is 0 Å². The van der Waals surface area contributed by atoms with Crippen LogP contribution in [0.5, 0.6) is 0 Å². The molecule has 0 saturated carbocycles. The van der Waals surface area contributed by atoms with Crippen molar-refractivity contribution in [1.82, 2.24) is 25.0 Å². The molecule has 2 aromatic heterocycles. The minimum Gasteiger partial charge on any atom is -0.338 e. The van der Waals surface area contributed by atoms with E-state index in [2.05, 4.69) is 43.8 Å². The van der Waals surface area contributed by atoms with Crippen LogP contribution in [0.3, 0.4) is 0 Å². The summed E-state index contributed by atoms with van der Waals surface area (Å²) in [4.78, 5) is 8.63. The first-order chi connectivity index (χ1) is 11.9. The van der Waals surface area contributed by atoms with E-state index in [-0.39, 0.29) is 0 Å². The van der Waals surface area contributed by atoms with E-state index in [1.807, 2.05) is 43.3 Å². The number of aryl methyl sites for hydroxylation is 1. The largest absolute Gasteiger partial charge is 0.338 e. The van der Waals surface area contributed by atoms with Crippen LogP contribution in [0.15, 0.2) is 60.9 Å². The maximum atomic E-state index is 4.35. The van der Waals surface area contributed by atoms with E-state index in [9.17, 15) is 0 Å². The fraction of sp³-hybridized carbons (Fsp3) is 0.111. The zero-order valence-corrected chi connectivity index (χ0v) is 13.2. The van der Waals surface area contributed by atoms with Crippen LogP contribution in [-0.2, 0) is 6.54 Å². The van der Waals surface area contributed by atoms with Gasteiger partial charge in [0.05, 0.1) is 0 Å². The average molecular weight is 316 g/mol. The van der Waals surface area contributed by atoms with E-state index < -0.39 is 0 Å². The summed E-state index contributed by atoms with van der Waals surface area (Å²) in [6, 6.07) is 18.4. The number of hydrogen-bond donors (Lipinski definition) is 1. The van der Waals surface area contributed by atoms with E-state index in [0.717, 1.165) is 22.5 Å². The number of fused-ring (bicyclic) bond motifs is 1. The summed E-state index contributed by atoms with van der Waals surface area (Å²) in [5.74, 6) is 0.656. The van der Waals surface area contributed by atoms with E-state index >= 15 is 0 Å². The van der Waals surface area contributed by atoms with Gasteiger partial charge < -0.3 is 5.32 Å². The Morgan fingerprint density at radius 3 is 2.58 bits per heavy atom. The molecular formula is C18H16N6. The maximum Gasteiger partial charge on any atom is 0.183 e. The van der Waals surface area contributed by atoms with Crippen molar-refractivity contribution < 1.29 is 0 Å². The fourth-order valence-corrected chi connectivity index (χ4v) is 2.69. The molecule has 0 spiro atoms. The van der Waals surface area contributed by atoms with Gasteiger partial charge in [0, 0.05) is 17.8 Å². The van der Waals surface area contributed by atoms with Gasteiger partial charge in [-0.15, -0.1) is 5.10 Å². The molecule has 0 aliphatic rings. The highest BCUT2D eigenvalue weighted by Gasteiger charge is 2.12. The molecule has 0 aliphatic heterocycles. The summed E-state index contributed by atoms with van der Waals surface area (Å²) in [6.07, 6.45) is 1.53. The molecule has 118 valence electrons. The molecule has 0 amide bonds. The Hall–Kier alpha value is -3.28. The lowest BCUT2D eigenvalue weighted by atomic mass is 10.0. The Labute approximate surface area is 139 Å². The third kappa shape index (κ3) is 2.48. The molecule has 4 aromatic rings. The lowest BCUT2D eigenvalue weighted by molar-refractivity contribution is 0.641. The Morgan fingerprint density at radius 1 is 0.958 bits per heavy atom. The predicted molar refractivity (Wildman–Crippen MR) is 94.0 cm³/mol. The van der Waals surface area contributed by atoms with E-state index in [1.54, 1.807) is 4.68 Å². The number of anilines is 2. The van der Waals surface area contributed by atoms with Gasteiger partial charge in [-0.3, -0.25) is 0 Å². The third-order valence-corrected chi connectivity index (χ3v) is 3.86. The first kappa shape index (κ1) is 14.3. The Balaban J connectivity index is 1.79. The number of aromatic nitrogens is 5. The highest BCUT2D eigenvalue weighted by atomic mass is 15.4. The molecule has 0 unspecified atom stereocenters. The molecule has 0 aliphatic carbocycles. The van der Waals surface area contributed by atoms with Crippen LogP contribution in [0.1, 0.15) is 6.92 Å². The molecular weight excluding hydrogens is 300 g/mol. The fourth-order valence-electron chi connectivity index (χ4n) is 2.69. The van der Waals surface area contributed by atoms with Gasteiger partial charge in [0.1, 0.15) is 6.33 Å². The number of benzene rings is 2. The molecule has 2 heterocycles. The number of para-hydroxylation sites is 1. The number of nitrogens with zero attached hydrogens (tertiary/aromatic N) is 5. The van der Waals surface area contributed by atoms with Gasteiger partial charge >= 0.3 is 0 Å². The van der Waals surface area contributed by atoms with E-state index in [0.29, 0.717) is 17.9 Å². The van der Waals surface area contributed by atoms with Crippen LogP contribution in [-0.4, -0.2) is 25.0 Å². The molecule has 2 aromatic carbocycles. The molecule has 0 bridgehead atoms. The molecule has 0 saturated heterocycles. The summed E-state index contributed by atoms with van der Waals surface area (Å²) in [7, 11) is 0. The van der Waals surface area contributed by atoms with Crippen molar-refractivity contribution in [2.45, 2.75) is 13.5 Å². The highest BCUT2D eigenvalue weighted by Crippen LogP contribution is 2.30. The Kier molecular flexibility index (Phi) is 3.63. The van der Waals surface area contributed by atoms with E-state index in [4.69, 9.17) is 0 Å². The second kappa shape index (κ2) is 6.08. The Bertz CT molecular complexity index is 977. The predicted octanol–water partition coefficient (Wildman–Crippen LogP) is 3.65. The van der Waals surface area contributed by atoms with Crippen molar-refractivity contribution >= 4 is 22.7 Å². The lowest BCUT2D eigenvalue weighted by Gasteiger charge is -2.11. The summed E-state index contributed by atoms with van der Waals surface area (Å²) < 4.78 is 1.76. The van der Waals surface area contributed by atoms with Crippen molar-refractivity contribution in [3.05, 3.63) is 60.9 Å². The molecule has 6 heteroatoms. The molecule has 0 radical (unpaired) electrons. The lowest BCUT2D eigenvalue weighted by Crippen LogP contribution is -2.00. The summed E-state index contributed by atoms with van der Waals surface area (Å²) in [5.41, 5.74) is 4.61. The number of rotatable bonds is 4. The van der Waals surface area contributed by atoms with Gasteiger partial charge in [-0.1, -0.05) is 53.7 Å². The molecule has 6 nitrogen and oxygen atoms in total. The van der Waals surface area contributed by atoms with Crippen molar-refractivity contribution in [2.24, 2.45) is 0 Å². The van der Waals surface area contributed by atoms with Crippen LogP contribution in [0.2, 0.25) is 0 Å². The summed E-state index contributed by atoms with van der Waals surface area (Å²) in [5, 5.41) is 11.7. The molecule has 0 fully saturated rings. The second-order valence-corrected chi connectivity index (χ2v) is 5.34. The van der Waals surface area contributed by atoms with Crippen LogP contribution in [0.4, 0.5) is 11.5 Å². The first-order valence-electron chi connectivity index (χ1n) is 7.82. The van der Waals surface area contributed by atoms with E-state index in [1.165, 1.54) is 6.33 Å². The Morgan fingerprint density at radius 2 is 1.75 bits per heavy atom. The van der Waals surface area contributed by atoms with Gasteiger partial charge in [-0.25, -0.2) is 14.6 Å². The van der Waals surface area contributed by atoms with Gasteiger partial charge in [-0.05, 0) is 18.6 Å². The maximum absolute atomic E-state index is 4.35. The molecule has 24 heavy (non-hydrogen) atoms. The van der Waals surface area contributed by atoms with Gasteiger partial charge in [0.2, 0.25) is 0 Å². The molecule has 1 N–H and O–H groups in total. The second-order valence-electron chi connectivity index (χ2n) is 5.34.